The van der Waals surface area contributed by atoms with Crippen molar-refractivity contribution >= 4 is 78.0 Å². The van der Waals surface area contributed by atoms with Gasteiger partial charge in [-0.25, -0.2) is 26.4 Å². The van der Waals surface area contributed by atoms with Crippen LogP contribution in [0.1, 0.15) is 5.56 Å². The minimum Gasteiger partial charge on any atom is -0.508 e. The molecule has 2 rings (SSSR count). The number of nitrogens with one attached hydrogen (secondary N) is 2. The second-order valence-corrected chi connectivity index (χ2v) is 13.4. The number of anilines is 2. The smallest absolute Gasteiger partial charge is 0.411 e. The van der Waals surface area contributed by atoms with Crippen molar-refractivity contribution in [2.45, 2.75) is 6.92 Å². The first-order chi connectivity index (χ1) is 17.1. The molecule has 4 N–H and O–H groups in total. The van der Waals surface area contributed by atoms with Crippen LogP contribution in [0.3, 0.4) is 0 Å². The highest BCUT2D eigenvalue weighted by molar-refractivity contribution is 8.08. The monoisotopic (exact) mass is 618 g/mol. The minimum atomic E-state index is -4.22. The molecule has 17 heteroatoms. The van der Waals surface area contributed by atoms with Crippen LogP contribution >= 0.6 is 34.8 Å². The summed E-state index contributed by atoms with van der Waals surface area (Å²) in [6.45, 7) is 0.232. The van der Waals surface area contributed by atoms with E-state index in [0.717, 1.165) is 12.1 Å². The van der Waals surface area contributed by atoms with Crippen molar-refractivity contribution in [3.63, 3.8) is 0 Å². The van der Waals surface area contributed by atoms with E-state index >= 15 is 0 Å². The predicted octanol–water partition coefficient (Wildman–Crippen LogP) is 3.95. The molecule has 204 valence electrons. The Kier molecular flexibility index (Phi) is 10.5. The molecular weight excluding hydrogens is 599 g/mol. The number of aryl methyl sites for hydroxylation is 1. The summed E-state index contributed by atoms with van der Waals surface area (Å²) < 4.78 is 58.1. The average molecular weight is 620 g/mol. The van der Waals surface area contributed by atoms with E-state index in [1.807, 2.05) is 0 Å². The summed E-state index contributed by atoms with van der Waals surface area (Å²) in [7, 11) is -8.43. The fraction of sp³-hybridized carbons (Fsp3) is 0.300. The van der Waals surface area contributed by atoms with Gasteiger partial charge in [0, 0.05) is 18.2 Å². The van der Waals surface area contributed by atoms with Gasteiger partial charge in [-0.3, -0.25) is 10.6 Å². The average Bonchev–Trinajstić information content (AvgIpc) is 2.72. The van der Waals surface area contributed by atoms with Crippen LogP contribution in [-0.4, -0.2) is 69.0 Å². The second-order valence-electron chi connectivity index (χ2n) is 7.44. The number of sulfone groups is 2. The fourth-order valence-electron chi connectivity index (χ4n) is 2.75. The van der Waals surface area contributed by atoms with Crippen molar-refractivity contribution in [2.75, 3.05) is 40.4 Å². The zero-order chi connectivity index (χ0) is 28.0. The Morgan fingerprint density at radius 1 is 0.757 bits per heavy atom. The molecule has 0 atom stereocenters. The van der Waals surface area contributed by atoms with E-state index in [4.69, 9.17) is 44.3 Å². The molecule has 0 aliphatic rings. The number of phenolic OH excluding ortho intramolecular Hbond substituents is 2. The van der Waals surface area contributed by atoms with Gasteiger partial charge in [0.25, 0.3) is 0 Å². The number of ether oxygens (including phenoxy) is 2. The molecule has 0 fully saturated rings. The van der Waals surface area contributed by atoms with Gasteiger partial charge in [-0.05, 0) is 18.6 Å². The van der Waals surface area contributed by atoms with Crippen molar-refractivity contribution in [3.8, 4) is 11.5 Å². The molecule has 12 nitrogen and oxygen atoms in total. The van der Waals surface area contributed by atoms with Crippen LogP contribution < -0.4 is 10.6 Å². The molecule has 0 bridgehead atoms. The predicted molar refractivity (Wildman–Crippen MR) is 138 cm³/mol. The fourth-order valence-corrected chi connectivity index (χ4v) is 7.44. The van der Waals surface area contributed by atoms with Crippen LogP contribution in [0.15, 0.2) is 24.3 Å². The first kappa shape index (κ1) is 30.6. The van der Waals surface area contributed by atoms with Gasteiger partial charge in [-0.15, -0.1) is 0 Å². The Bertz CT molecular complexity index is 1250. The van der Waals surface area contributed by atoms with Crippen LogP contribution in [0.2, 0.25) is 15.1 Å². The Morgan fingerprint density at radius 3 is 1.57 bits per heavy atom. The molecule has 2 aromatic rings. The number of phenols is 2. The van der Waals surface area contributed by atoms with Crippen LogP contribution in [0, 0.1) is 6.92 Å². The van der Waals surface area contributed by atoms with E-state index in [1.165, 1.54) is 12.1 Å². The van der Waals surface area contributed by atoms with E-state index in [2.05, 4.69) is 10.6 Å². The Labute approximate surface area is 227 Å². The summed E-state index contributed by atoms with van der Waals surface area (Å²) >= 11 is 17.6. The van der Waals surface area contributed by atoms with Gasteiger partial charge in [0.05, 0.1) is 37.9 Å². The summed E-state index contributed by atoms with van der Waals surface area (Å²) in [5.74, 6) is -1.97. The maximum absolute atomic E-state index is 12.2. The number of halogens is 3. The van der Waals surface area contributed by atoms with Gasteiger partial charge in [0.15, 0.2) is 24.8 Å². The van der Waals surface area contributed by atoms with Crippen molar-refractivity contribution in [1.29, 1.82) is 0 Å². The second kappa shape index (κ2) is 12.7. The van der Waals surface area contributed by atoms with E-state index < -0.39 is 61.7 Å². The van der Waals surface area contributed by atoms with E-state index in [1.54, 1.807) is 6.92 Å². The number of hydrogen-bond donors (Lipinski definition) is 4. The van der Waals surface area contributed by atoms with Crippen LogP contribution in [-0.2, 0) is 29.1 Å². The lowest BCUT2D eigenvalue weighted by Crippen LogP contribution is -2.27. The van der Waals surface area contributed by atoms with Gasteiger partial charge in [0.1, 0.15) is 24.7 Å². The maximum Gasteiger partial charge on any atom is 0.411 e. The topological polar surface area (TPSA) is 185 Å². The summed E-state index contributed by atoms with van der Waals surface area (Å²) in [4.78, 5) is 23.8. The Balaban J connectivity index is 1.80. The maximum atomic E-state index is 12.2. The number of rotatable bonds is 10. The third-order valence-corrected chi connectivity index (χ3v) is 9.71. The standard InChI is InChI=1S/C20H21Cl3N2O10S2/c1-11-6-12(26)7-14(21)17(11)24-19(28)34-2-4-36(30,31)10-37(32,33)5-3-35-20(29)25-18-15(22)8-13(27)9-16(18)23/h6-9,26-27H,2-5,10H2,1H3,(H,24,28)(H,25,29). The summed E-state index contributed by atoms with van der Waals surface area (Å²) in [5, 5.41) is 21.9. The van der Waals surface area contributed by atoms with Gasteiger partial charge in [-0.2, -0.15) is 0 Å². The summed E-state index contributed by atoms with van der Waals surface area (Å²) in [6, 6.07) is 4.73. The number of carbonyl (C=O) groups excluding carboxylic acids is 2. The number of benzene rings is 2. The quantitative estimate of drug-likeness (QED) is 0.284. The van der Waals surface area contributed by atoms with E-state index in [0.29, 0.717) is 5.56 Å². The van der Waals surface area contributed by atoms with Crippen LogP contribution in [0.5, 0.6) is 11.5 Å². The molecule has 0 aliphatic carbocycles. The lowest BCUT2D eigenvalue weighted by molar-refractivity contribution is 0.167. The zero-order valence-electron chi connectivity index (χ0n) is 19.0. The molecule has 0 unspecified atom stereocenters. The Morgan fingerprint density at radius 2 is 1.14 bits per heavy atom. The lowest BCUT2D eigenvalue weighted by Gasteiger charge is -2.12. The van der Waals surface area contributed by atoms with Gasteiger partial charge < -0.3 is 19.7 Å². The van der Waals surface area contributed by atoms with Crippen molar-refractivity contribution in [1.82, 2.24) is 0 Å². The summed E-state index contributed by atoms with van der Waals surface area (Å²) in [6.07, 6.45) is -2.15. The molecule has 37 heavy (non-hydrogen) atoms. The van der Waals surface area contributed by atoms with Crippen molar-refractivity contribution in [3.05, 3.63) is 44.9 Å². The van der Waals surface area contributed by atoms with Gasteiger partial charge >= 0.3 is 12.2 Å². The molecule has 0 aromatic heterocycles. The third-order valence-electron chi connectivity index (χ3n) is 4.37. The van der Waals surface area contributed by atoms with Crippen molar-refractivity contribution < 1.29 is 46.1 Å². The molecule has 0 radical (unpaired) electrons. The molecule has 0 saturated carbocycles. The molecular formula is C20H21Cl3N2O10S2. The van der Waals surface area contributed by atoms with Crippen LogP contribution in [0.4, 0.5) is 21.0 Å². The molecule has 0 saturated heterocycles. The van der Waals surface area contributed by atoms with Crippen LogP contribution in [0.25, 0.3) is 0 Å². The molecule has 0 aliphatic heterocycles. The number of aromatic hydroxyl groups is 2. The van der Waals surface area contributed by atoms with Crippen molar-refractivity contribution in [2.24, 2.45) is 0 Å². The van der Waals surface area contributed by atoms with E-state index in [-0.39, 0.29) is 37.9 Å². The molecule has 2 amide bonds. The first-order valence-electron chi connectivity index (χ1n) is 10.0. The first-order valence-corrected chi connectivity index (χ1v) is 14.8. The number of amides is 2. The highest BCUT2D eigenvalue weighted by atomic mass is 35.5. The normalized spacial score (nSPS) is 11.6. The lowest BCUT2D eigenvalue weighted by atomic mass is 10.2. The highest BCUT2D eigenvalue weighted by Gasteiger charge is 2.24. The van der Waals surface area contributed by atoms with Gasteiger partial charge in [-0.1, -0.05) is 34.8 Å². The number of carbonyl (C=O) groups is 2. The third kappa shape index (κ3) is 9.97. The molecule has 0 spiro atoms. The largest absolute Gasteiger partial charge is 0.508 e. The van der Waals surface area contributed by atoms with Gasteiger partial charge in [0.2, 0.25) is 0 Å². The molecule has 0 heterocycles. The molecule has 2 aromatic carbocycles. The zero-order valence-corrected chi connectivity index (χ0v) is 22.9. The summed E-state index contributed by atoms with van der Waals surface area (Å²) in [5.41, 5.74) is 0.489. The minimum absolute atomic E-state index is 0.0262. The van der Waals surface area contributed by atoms with E-state index in [9.17, 15) is 36.6 Å². The number of hydrogen-bond acceptors (Lipinski definition) is 10. The highest BCUT2D eigenvalue weighted by Crippen LogP contribution is 2.34. The Hall–Kier alpha value is -2.65. The SMILES string of the molecule is Cc1cc(O)cc(Cl)c1NC(=O)OCCS(=O)(=O)CS(=O)(=O)CCOC(=O)Nc1c(Cl)cc(O)cc1Cl.